The summed E-state index contributed by atoms with van der Waals surface area (Å²) in [6.07, 6.45) is 2.63. The molecule has 4 heteroatoms. The molecule has 0 aliphatic rings. The highest BCUT2D eigenvalue weighted by molar-refractivity contribution is 5.00. The summed E-state index contributed by atoms with van der Waals surface area (Å²) in [5.74, 6) is 6.32. The predicted molar refractivity (Wildman–Crippen MR) is 54.6 cm³/mol. The van der Waals surface area contributed by atoms with E-state index >= 15 is 0 Å². The molecule has 0 radical (unpaired) electrons. The van der Waals surface area contributed by atoms with Gasteiger partial charge in [0, 0.05) is 6.42 Å². The third-order valence-electron chi connectivity index (χ3n) is 1.89. The standard InChI is InChI=1S/C10H18N2O2/c1-8(2)14-7-9(12-11)6-10-4-3-5-13-10/h3-5,8-9,12H,6-7,11H2,1-2H3. The molecule has 80 valence electrons. The Bertz CT molecular complexity index is 234. The molecule has 14 heavy (non-hydrogen) atoms. The van der Waals surface area contributed by atoms with E-state index in [1.807, 2.05) is 26.0 Å². The molecule has 4 nitrogen and oxygen atoms in total. The van der Waals surface area contributed by atoms with E-state index in [0.717, 1.165) is 12.2 Å². The van der Waals surface area contributed by atoms with Crippen molar-refractivity contribution >= 4 is 0 Å². The van der Waals surface area contributed by atoms with Gasteiger partial charge >= 0.3 is 0 Å². The molecule has 0 aliphatic heterocycles. The van der Waals surface area contributed by atoms with E-state index in [1.54, 1.807) is 6.26 Å². The monoisotopic (exact) mass is 198 g/mol. The minimum absolute atomic E-state index is 0.101. The molecule has 1 unspecified atom stereocenters. The number of rotatable bonds is 6. The molecule has 0 saturated carbocycles. The van der Waals surface area contributed by atoms with Crippen molar-refractivity contribution in [2.24, 2.45) is 5.84 Å². The molecule has 1 atom stereocenters. The molecule has 1 heterocycles. The summed E-state index contributed by atoms with van der Waals surface area (Å²) in [7, 11) is 0. The summed E-state index contributed by atoms with van der Waals surface area (Å²) in [5.41, 5.74) is 2.71. The number of nitrogens with two attached hydrogens (primary N) is 1. The maximum Gasteiger partial charge on any atom is 0.105 e. The molecule has 1 aromatic heterocycles. The molecule has 0 aliphatic carbocycles. The van der Waals surface area contributed by atoms with E-state index < -0.39 is 0 Å². The Balaban J connectivity index is 2.32. The fourth-order valence-corrected chi connectivity index (χ4v) is 1.15. The number of ether oxygens (including phenoxy) is 1. The van der Waals surface area contributed by atoms with Gasteiger partial charge in [-0.25, -0.2) is 0 Å². The van der Waals surface area contributed by atoms with Crippen LogP contribution in [0.25, 0.3) is 0 Å². The summed E-state index contributed by atoms with van der Waals surface area (Å²) in [6, 6.07) is 3.90. The van der Waals surface area contributed by atoms with Crippen LogP contribution >= 0.6 is 0 Å². The molecule has 1 aromatic rings. The van der Waals surface area contributed by atoms with Crippen LogP contribution in [0.15, 0.2) is 22.8 Å². The molecule has 1 rings (SSSR count). The Morgan fingerprint density at radius 1 is 1.57 bits per heavy atom. The summed E-state index contributed by atoms with van der Waals surface area (Å²) in [4.78, 5) is 0. The molecular formula is C10H18N2O2. The average Bonchev–Trinajstić information content (AvgIpc) is 2.64. The lowest BCUT2D eigenvalue weighted by atomic mass is 10.2. The fourth-order valence-electron chi connectivity index (χ4n) is 1.15. The van der Waals surface area contributed by atoms with Gasteiger partial charge in [-0.2, -0.15) is 0 Å². The van der Waals surface area contributed by atoms with Gasteiger partial charge in [-0.1, -0.05) is 0 Å². The van der Waals surface area contributed by atoms with E-state index in [-0.39, 0.29) is 12.1 Å². The molecule has 0 bridgehead atoms. The first-order chi connectivity index (χ1) is 6.72. The Morgan fingerprint density at radius 2 is 2.36 bits per heavy atom. The zero-order valence-electron chi connectivity index (χ0n) is 8.69. The second-order valence-corrected chi connectivity index (χ2v) is 3.53. The molecule has 0 saturated heterocycles. The minimum Gasteiger partial charge on any atom is -0.469 e. The smallest absolute Gasteiger partial charge is 0.105 e. The molecule has 0 amide bonds. The highest BCUT2D eigenvalue weighted by Gasteiger charge is 2.10. The van der Waals surface area contributed by atoms with Crippen molar-refractivity contribution in [1.82, 2.24) is 5.43 Å². The van der Waals surface area contributed by atoms with Gasteiger partial charge in [0.2, 0.25) is 0 Å². The third-order valence-corrected chi connectivity index (χ3v) is 1.89. The molecule has 0 spiro atoms. The first-order valence-corrected chi connectivity index (χ1v) is 4.82. The van der Waals surface area contributed by atoms with Gasteiger partial charge in [-0.05, 0) is 26.0 Å². The van der Waals surface area contributed by atoms with Crippen molar-refractivity contribution in [3.8, 4) is 0 Å². The van der Waals surface area contributed by atoms with Gasteiger partial charge in [0.05, 0.1) is 25.0 Å². The van der Waals surface area contributed by atoms with Crippen LogP contribution in [-0.4, -0.2) is 18.8 Å². The quantitative estimate of drug-likeness (QED) is 0.530. The summed E-state index contributed by atoms with van der Waals surface area (Å²) >= 11 is 0. The zero-order chi connectivity index (χ0) is 10.4. The van der Waals surface area contributed by atoms with Crippen LogP contribution in [0.5, 0.6) is 0 Å². The topological polar surface area (TPSA) is 60.4 Å². The van der Waals surface area contributed by atoms with E-state index in [0.29, 0.717) is 6.61 Å². The Morgan fingerprint density at radius 3 is 2.86 bits per heavy atom. The van der Waals surface area contributed by atoms with Crippen molar-refractivity contribution in [3.63, 3.8) is 0 Å². The van der Waals surface area contributed by atoms with Crippen LogP contribution in [-0.2, 0) is 11.2 Å². The van der Waals surface area contributed by atoms with Gasteiger partial charge in [0.15, 0.2) is 0 Å². The fraction of sp³-hybridized carbons (Fsp3) is 0.600. The van der Waals surface area contributed by atoms with Gasteiger partial charge in [-0.15, -0.1) is 0 Å². The molecule has 0 aromatic carbocycles. The van der Waals surface area contributed by atoms with Crippen LogP contribution in [0.2, 0.25) is 0 Å². The number of furan rings is 1. The second kappa shape index (κ2) is 5.80. The van der Waals surface area contributed by atoms with Crippen LogP contribution < -0.4 is 11.3 Å². The lowest BCUT2D eigenvalue weighted by Gasteiger charge is -2.16. The Kier molecular flexibility index (Phi) is 4.65. The normalized spacial score (nSPS) is 13.4. The van der Waals surface area contributed by atoms with Crippen LogP contribution in [0.3, 0.4) is 0 Å². The molecule has 3 N–H and O–H groups in total. The van der Waals surface area contributed by atoms with Gasteiger partial charge in [-0.3, -0.25) is 11.3 Å². The van der Waals surface area contributed by atoms with E-state index in [1.165, 1.54) is 0 Å². The lowest BCUT2D eigenvalue weighted by molar-refractivity contribution is 0.0603. The highest BCUT2D eigenvalue weighted by Crippen LogP contribution is 2.04. The van der Waals surface area contributed by atoms with Crippen LogP contribution in [0, 0.1) is 0 Å². The van der Waals surface area contributed by atoms with Crippen molar-refractivity contribution in [2.45, 2.75) is 32.4 Å². The number of hydrazine groups is 1. The Hall–Kier alpha value is -0.840. The van der Waals surface area contributed by atoms with Gasteiger partial charge < -0.3 is 9.15 Å². The summed E-state index contributed by atoms with van der Waals surface area (Å²) in [5, 5.41) is 0. The van der Waals surface area contributed by atoms with Crippen LogP contribution in [0.1, 0.15) is 19.6 Å². The first kappa shape index (κ1) is 11.2. The molecule has 0 fully saturated rings. The van der Waals surface area contributed by atoms with Crippen LogP contribution in [0.4, 0.5) is 0 Å². The Labute approximate surface area is 84.4 Å². The predicted octanol–water partition coefficient (Wildman–Crippen LogP) is 1.08. The van der Waals surface area contributed by atoms with Crippen molar-refractivity contribution in [1.29, 1.82) is 0 Å². The maximum absolute atomic E-state index is 5.46. The lowest BCUT2D eigenvalue weighted by Crippen LogP contribution is -2.40. The van der Waals surface area contributed by atoms with Crippen molar-refractivity contribution < 1.29 is 9.15 Å². The minimum atomic E-state index is 0.101. The van der Waals surface area contributed by atoms with E-state index in [2.05, 4.69) is 5.43 Å². The highest BCUT2D eigenvalue weighted by atomic mass is 16.5. The summed E-state index contributed by atoms with van der Waals surface area (Å²) in [6.45, 7) is 4.59. The zero-order valence-corrected chi connectivity index (χ0v) is 8.69. The largest absolute Gasteiger partial charge is 0.469 e. The van der Waals surface area contributed by atoms with E-state index in [4.69, 9.17) is 15.0 Å². The number of hydrogen-bond donors (Lipinski definition) is 2. The first-order valence-electron chi connectivity index (χ1n) is 4.82. The van der Waals surface area contributed by atoms with Crippen molar-refractivity contribution in [2.75, 3.05) is 6.61 Å². The van der Waals surface area contributed by atoms with E-state index in [9.17, 15) is 0 Å². The maximum atomic E-state index is 5.46. The SMILES string of the molecule is CC(C)OCC(Cc1ccco1)NN. The van der Waals surface area contributed by atoms with Gasteiger partial charge in [0.1, 0.15) is 5.76 Å². The third kappa shape index (κ3) is 3.91. The van der Waals surface area contributed by atoms with Crippen molar-refractivity contribution in [3.05, 3.63) is 24.2 Å². The van der Waals surface area contributed by atoms with Gasteiger partial charge in [0.25, 0.3) is 0 Å². The second-order valence-electron chi connectivity index (χ2n) is 3.53. The molecular weight excluding hydrogens is 180 g/mol. The number of hydrogen-bond acceptors (Lipinski definition) is 4. The average molecular weight is 198 g/mol. The summed E-state index contributed by atoms with van der Waals surface area (Å²) < 4.78 is 10.7. The number of nitrogens with one attached hydrogen (secondary N) is 1.